The van der Waals surface area contributed by atoms with E-state index in [1.54, 1.807) is 0 Å². The standard InChI is InChI=1S/C16H21ClN4O4.ClH/c17-11-5-3-7-13(21(24)25)15(11)16(23)19-9-14(22)20-12-6-2-1-4-10(12)8-18;/h3,5,7,10,12H,1-2,4,6,8-9,18H2,(H,19,23)(H,20,22);1H. The Morgan fingerprint density at radius 3 is 2.65 bits per heavy atom. The Bertz CT molecular complexity index is 672. The van der Waals surface area contributed by atoms with E-state index in [-0.39, 0.29) is 47.4 Å². The molecule has 0 aromatic heterocycles. The molecule has 2 atom stereocenters. The average Bonchev–Trinajstić information content (AvgIpc) is 2.59. The third-order valence-corrected chi connectivity index (χ3v) is 4.70. The molecule has 144 valence electrons. The van der Waals surface area contributed by atoms with Gasteiger partial charge in [-0.25, -0.2) is 0 Å². The molecule has 10 heteroatoms. The lowest BCUT2D eigenvalue weighted by atomic mass is 9.84. The Hall–Kier alpha value is -1.90. The van der Waals surface area contributed by atoms with Crippen molar-refractivity contribution in [3.05, 3.63) is 38.9 Å². The predicted molar refractivity (Wildman–Crippen MR) is 101 cm³/mol. The monoisotopic (exact) mass is 404 g/mol. The van der Waals surface area contributed by atoms with E-state index in [2.05, 4.69) is 10.6 Å². The molecule has 1 aromatic carbocycles. The molecular formula is C16H22Cl2N4O4. The number of hydrogen-bond donors (Lipinski definition) is 3. The Kier molecular flexibility index (Phi) is 8.77. The highest BCUT2D eigenvalue weighted by Crippen LogP contribution is 2.26. The molecule has 1 aliphatic carbocycles. The zero-order valence-electron chi connectivity index (χ0n) is 14.1. The maximum Gasteiger partial charge on any atom is 0.283 e. The molecule has 2 unspecified atom stereocenters. The predicted octanol–water partition coefficient (Wildman–Crippen LogP) is 2.03. The van der Waals surface area contributed by atoms with Crippen molar-refractivity contribution < 1.29 is 14.5 Å². The van der Waals surface area contributed by atoms with E-state index < -0.39 is 16.5 Å². The fraction of sp³-hybridized carbons (Fsp3) is 0.500. The lowest BCUT2D eigenvalue weighted by Gasteiger charge is -2.31. The fourth-order valence-electron chi connectivity index (χ4n) is 3.08. The summed E-state index contributed by atoms with van der Waals surface area (Å²) >= 11 is 5.90. The zero-order valence-corrected chi connectivity index (χ0v) is 15.6. The molecule has 1 aliphatic rings. The highest BCUT2D eigenvalue weighted by Gasteiger charge is 2.26. The summed E-state index contributed by atoms with van der Waals surface area (Å²) in [5.74, 6) is -0.877. The van der Waals surface area contributed by atoms with Crippen LogP contribution in [-0.2, 0) is 4.79 Å². The summed E-state index contributed by atoms with van der Waals surface area (Å²) in [6.07, 6.45) is 3.96. The van der Waals surface area contributed by atoms with E-state index in [1.165, 1.54) is 18.2 Å². The van der Waals surface area contributed by atoms with Crippen LogP contribution < -0.4 is 16.4 Å². The second-order valence-electron chi connectivity index (χ2n) is 6.03. The molecule has 0 heterocycles. The molecule has 2 amide bonds. The number of halogens is 2. The van der Waals surface area contributed by atoms with Gasteiger partial charge in [-0.2, -0.15) is 0 Å². The van der Waals surface area contributed by atoms with Gasteiger partial charge in [0.05, 0.1) is 16.5 Å². The third-order valence-electron chi connectivity index (χ3n) is 4.38. The SMILES string of the molecule is Cl.NCC1CCCCC1NC(=O)CNC(=O)c1c(Cl)cccc1[N+](=O)[O-]. The number of benzene rings is 1. The third kappa shape index (κ3) is 5.55. The van der Waals surface area contributed by atoms with Crippen LogP contribution in [-0.4, -0.2) is 35.9 Å². The number of rotatable bonds is 6. The van der Waals surface area contributed by atoms with Gasteiger partial charge in [0.25, 0.3) is 11.6 Å². The van der Waals surface area contributed by atoms with Crippen molar-refractivity contribution in [2.24, 2.45) is 11.7 Å². The second-order valence-corrected chi connectivity index (χ2v) is 6.44. The summed E-state index contributed by atoms with van der Waals surface area (Å²) in [7, 11) is 0. The molecule has 0 radical (unpaired) electrons. The number of carbonyl (C=O) groups excluding carboxylic acids is 2. The Morgan fingerprint density at radius 1 is 1.31 bits per heavy atom. The minimum Gasteiger partial charge on any atom is -0.352 e. The highest BCUT2D eigenvalue weighted by molar-refractivity contribution is 6.34. The van der Waals surface area contributed by atoms with Crippen LogP contribution in [0.3, 0.4) is 0 Å². The van der Waals surface area contributed by atoms with Crippen LogP contribution in [0.1, 0.15) is 36.0 Å². The first-order valence-electron chi connectivity index (χ1n) is 8.14. The topological polar surface area (TPSA) is 127 Å². The Morgan fingerprint density at radius 2 is 2.00 bits per heavy atom. The van der Waals surface area contributed by atoms with E-state index in [9.17, 15) is 19.7 Å². The van der Waals surface area contributed by atoms with Gasteiger partial charge in [0, 0.05) is 12.1 Å². The molecule has 0 saturated heterocycles. The molecule has 1 saturated carbocycles. The van der Waals surface area contributed by atoms with E-state index in [4.69, 9.17) is 17.3 Å². The van der Waals surface area contributed by atoms with Gasteiger partial charge in [0.2, 0.25) is 5.91 Å². The maximum absolute atomic E-state index is 12.2. The van der Waals surface area contributed by atoms with Gasteiger partial charge in [0.1, 0.15) is 5.56 Å². The summed E-state index contributed by atoms with van der Waals surface area (Å²) in [6.45, 7) is 0.220. The van der Waals surface area contributed by atoms with Crippen LogP contribution in [0.5, 0.6) is 0 Å². The van der Waals surface area contributed by atoms with E-state index in [0.717, 1.165) is 25.7 Å². The van der Waals surface area contributed by atoms with Crippen molar-refractivity contribution in [1.82, 2.24) is 10.6 Å². The number of amides is 2. The van der Waals surface area contributed by atoms with Crippen molar-refractivity contribution in [3.8, 4) is 0 Å². The smallest absolute Gasteiger partial charge is 0.283 e. The van der Waals surface area contributed by atoms with Gasteiger partial charge in [-0.15, -0.1) is 12.4 Å². The first-order chi connectivity index (χ1) is 11.9. The largest absolute Gasteiger partial charge is 0.352 e. The number of nitrogens with one attached hydrogen (secondary N) is 2. The van der Waals surface area contributed by atoms with E-state index in [0.29, 0.717) is 6.54 Å². The minimum atomic E-state index is -0.758. The van der Waals surface area contributed by atoms with Gasteiger partial charge in [-0.3, -0.25) is 19.7 Å². The number of carbonyl (C=O) groups is 2. The molecule has 8 nitrogen and oxygen atoms in total. The molecule has 2 rings (SSSR count). The van der Waals surface area contributed by atoms with Gasteiger partial charge in [-0.05, 0) is 31.4 Å². The van der Waals surface area contributed by atoms with Crippen molar-refractivity contribution in [2.75, 3.05) is 13.1 Å². The van der Waals surface area contributed by atoms with Crippen molar-refractivity contribution in [1.29, 1.82) is 0 Å². The zero-order chi connectivity index (χ0) is 18.4. The second kappa shape index (κ2) is 10.3. The number of nitro groups is 1. The molecule has 0 spiro atoms. The van der Waals surface area contributed by atoms with Crippen LogP contribution in [0, 0.1) is 16.0 Å². The summed E-state index contributed by atoms with van der Waals surface area (Å²) in [5.41, 5.74) is 5.08. The van der Waals surface area contributed by atoms with Crippen molar-refractivity contribution >= 4 is 41.5 Å². The summed E-state index contributed by atoms with van der Waals surface area (Å²) < 4.78 is 0. The molecule has 0 bridgehead atoms. The number of hydrogen-bond acceptors (Lipinski definition) is 5. The van der Waals surface area contributed by atoms with Crippen molar-refractivity contribution in [3.63, 3.8) is 0 Å². The van der Waals surface area contributed by atoms with Crippen LogP contribution >= 0.6 is 24.0 Å². The van der Waals surface area contributed by atoms with E-state index >= 15 is 0 Å². The molecule has 0 aliphatic heterocycles. The van der Waals surface area contributed by atoms with Gasteiger partial charge >= 0.3 is 0 Å². The molecular weight excluding hydrogens is 383 g/mol. The Labute approximate surface area is 162 Å². The first-order valence-corrected chi connectivity index (χ1v) is 8.52. The summed E-state index contributed by atoms with van der Waals surface area (Å²) in [6, 6.07) is 3.96. The van der Waals surface area contributed by atoms with E-state index in [1.807, 2.05) is 0 Å². The first kappa shape index (κ1) is 22.1. The van der Waals surface area contributed by atoms with Crippen LogP contribution in [0.15, 0.2) is 18.2 Å². The van der Waals surface area contributed by atoms with Crippen LogP contribution in [0.4, 0.5) is 5.69 Å². The average molecular weight is 405 g/mol. The lowest BCUT2D eigenvalue weighted by Crippen LogP contribution is -2.48. The lowest BCUT2D eigenvalue weighted by molar-refractivity contribution is -0.385. The van der Waals surface area contributed by atoms with Gasteiger partial charge in [-0.1, -0.05) is 30.5 Å². The molecule has 4 N–H and O–H groups in total. The van der Waals surface area contributed by atoms with Crippen LogP contribution in [0.25, 0.3) is 0 Å². The number of nitrogens with two attached hydrogens (primary N) is 1. The van der Waals surface area contributed by atoms with Crippen molar-refractivity contribution in [2.45, 2.75) is 31.7 Å². The normalized spacial score (nSPS) is 19.2. The fourth-order valence-corrected chi connectivity index (χ4v) is 3.33. The number of nitrogens with zero attached hydrogens (tertiary/aromatic N) is 1. The van der Waals surface area contributed by atoms with Gasteiger partial charge < -0.3 is 16.4 Å². The summed E-state index contributed by atoms with van der Waals surface area (Å²) in [4.78, 5) is 34.6. The maximum atomic E-state index is 12.2. The number of nitro benzene ring substituents is 1. The summed E-state index contributed by atoms with van der Waals surface area (Å²) in [5, 5.41) is 16.2. The minimum absolute atomic E-state index is 0. The van der Waals surface area contributed by atoms with Gasteiger partial charge in [0.15, 0.2) is 0 Å². The Balaban J connectivity index is 0.00000338. The molecule has 26 heavy (non-hydrogen) atoms. The quantitative estimate of drug-likeness (QED) is 0.493. The molecule has 1 fully saturated rings. The molecule has 1 aromatic rings. The van der Waals surface area contributed by atoms with Crippen LogP contribution in [0.2, 0.25) is 5.02 Å². The highest BCUT2D eigenvalue weighted by atomic mass is 35.5.